The van der Waals surface area contributed by atoms with Gasteiger partial charge in [0.1, 0.15) is 5.85 Å². The lowest BCUT2D eigenvalue weighted by atomic mass is 10.1. The van der Waals surface area contributed by atoms with E-state index in [0.717, 1.165) is 5.56 Å². The van der Waals surface area contributed by atoms with Crippen LogP contribution in [0, 0.1) is 5.92 Å². The summed E-state index contributed by atoms with van der Waals surface area (Å²) in [5.74, 6) is -2.26. The Labute approximate surface area is 108 Å². The van der Waals surface area contributed by atoms with Crippen LogP contribution in [0.15, 0.2) is 30.3 Å². The van der Waals surface area contributed by atoms with Gasteiger partial charge in [-0.1, -0.05) is 44.2 Å². The van der Waals surface area contributed by atoms with Crippen molar-refractivity contribution >= 4 is 7.37 Å². The van der Waals surface area contributed by atoms with E-state index in [-0.39, 0.29) is 12.3 Å². The Kier molecular flexibility index (Phi) is 5.54. The van der Waals surface area contributed by atoms with Crippen LogP contribution in [0.4, 0.5) is 0 Å². The van der Waals surface area contributed by atoms with E-state index in [1.165, 1.54) is 0 Å². The van der Waals surface area contributed by atoms with Crippen LogP contribution in [-0.2, 0) is 11.0 Å². The maximum absolute atomic E-state index is 12.1. The van der Waals surface area contributed by atoms with Crippen molar-refractivity contribution in [2.75, 3.05) is 0 Å². The smallest absolute Gasteiger partial charge is 0.244 e. The van der Waals surface area contributed by atoms with Crippen LogP contribution in [-0.4, -0.2) is 21.6 Å². The molecular weight excluding hydrogens is 249 g/mol. The van der Waals surface area contributed by atoms with Gasteiger partial charge < -0.3 is 15.7 Å². The van der Waals surface area contributed by atoms with Crippen molar-refractivity contribution in [1.82, 2.24) is 0 Å². The highest BCUT2D eigenvalue weighted by Gasteiger charge is 2.37. The number of aliphatic hydroxyl groups is 1. The fraction of sp³-hybridized carbons (Fsp3) is 0.538. The summed E-state index contributed by atoms with van der Waals surface area (Å²) < 4.78 is 12.1. The van der Waals surface area contributed by atoms with Gasteiger partial charge in [0.05, 0.1) is 5.78 Å². The average Bonchev–Trinajstić information content (AvgIpc) is 2.35. The topological polar surface area (TPSA) is 83.6 Å². The van der Waals surface area contributed by atoms with Crippen LogP contribution >= 0.6 is 7.37 Å². The number of aliphatic hydroxyl groups excluding tert-OH is 1. The fourth-order valence-electron chi connectivity index (χ4n) is 1.75. The van der Waals surface area contributed by atoms with Gasteiger partial charge in [0.15, 0.2) is 0 Å². The van der Waals surface area contributed by atoms with Gasteiger partial charge in [-0.25, -0.2) is 0 Å². The molecule has 5 heteroatoms. The summed E-state index contributed by atoms with van der Waals surface area (Å²) in [5.41, 5.74) is 6.73. The molecule has 0 saturated carbocycles. The first-order chi connectivity index (χ1) is 8.35. The van der Waals surface area contributed by atoms with Gasteiger partial charge in [-0.05, 0) is 24.3 Å². The molecule has 0 radical (unpaired) electrons. The first-order valence-electron chi connectivity index (χ1n) is 6.15. The highest BCUT2D eigenvalue weighted by molar-refractivity contribution is 7.59. The molecule has 0 spiro atoms. The molecule has 4 N–H and O–H groups in total. The first-order valence-corrected chi connectivity index (χ1v) is 7.95. The van der Waals surface area contributed by atoms with Crippen molar-refractivity contribution in [3.63, 3.8) is 0 Å². The standard InChI is InChI=1S/C13H22NO3P/c1-10(2)13(14)18(16,17)12(15)9-8-11-6-4-3-5-7-11/h3-7,10,12-13,15H,8-9,14H2,1-2H3,(H,16,17). The van der Waals surface area contributed by atoms with E-state index in [9.17, 15) is 14.6 Å². The van der Waals surface area contributed by atoms with Gasteiger partial charge in [-0.2, -0.15) is 0 Å². The molecule has 1 aromatic rings. The van der Waals surface area contributed by atoms with Crippen molar-refractivity contribution in [1.29, 1.82) is 0 Å². The lowest BCUT2D eigenvalue weighted by Crippen LogP contribution is -2.31. The third-order valence-electron chi connectivity index (χ3n) is 3.07. The number of nitrogens with two attached hydrogens (primary N) is 1. The number of benzene rings is 1. The maximum Gasteiger partial charge on any atom is 0.244 e. The van der Waals surface area contributed by atoms with Crippen LogP contribution in [0.2, 0.25) is 0 Å². The second-order valence-corrected chi connectivity index (χ2v) is 7.45. The molecule has 0 fully saturated rings. The number of rotatable bonds is 6. The van der Waals surface area contributed by atoms with Crippen molar-refractivity contribution in [3.8, 4) is 0 Å². The molecule has 0 bridgehead atoms. The van der Waals surface area contributed by atoms with E-state index in [1.807, 2.05) is 30.3 Å². The van der Waals surface area contributed by atoms with Crippen LogP contribution in [0.1, 0.15) is 25.8 Å². The second kappa shape index (κ2) is 6.48. The van der Waals surface area contributed by atoms with Gasteiger partial charge in [0.25, 0.3) is 0 Å². The minimum absolute atomic E-state index is 0.132. The Morgan fingerprint density at radius 1 is 1.28 bits per heavy atom. The summed E-state index contributed by atoms with van der Waals surface area (Å²) in [6, 6.07) is 9.57. The molecular formula is C13H22NO3P. The third-order valence-corrected chi connectivity index (χ3v) is 5.63. The molecule has 0 aliphatic rings. The summed E-state index contributed by atoms with van der Waals surface area (Å²) >= 11 is 0. The van der Waals surface area contributed by atoms with Crippen LogP contribution in [0.5, 0.6) is 0 Å². The van der Waals surface area contributed by atoms with E-state index in [1.54, 1.807) is 13.8 Å². The van der Waals surface area contributed by atoms with Crippen molar-refractivity contribution in [3.05, 3.63) is 35.9 Å². The van der Waals surface area contributed by atoms with E-state index >= 15 is 0 Å². The normalized spacial score (nSPS) is 18.3. The summed E-state index contributed by atoms with van der Waals surface area (Å²) in [6.45, 7) is 3.55. The Balaban J connectivity index is 2.60. The molecule has 1 rings (SSSR count). The van der Waals surface area contributed by atoms with Gasteiger partial charge in [-0.3, -0.25) is 4.57 Å². The van der Waals surface area contributed by atoms with E-state index in [0.29, 0.717) is 6.42 Å². The first kappa shape index (κ1) is 15.4. The predicted molar refractivity (Wildman–Crippen MR) is 73.4 cm³/mol. The summed E-state index contributed by atoms with van der Waals surface area (Å²) in [5, 5.41) is 9.86. The number of aryl methyl sites for hydroxylation is 1. The fourth-order valence-corrected chi connectivity index (χ4v) is 3.50. The van der Waals surface area contributed by atoms with Crippen molar-refractivity contribution < 1.29 is 14.6 Å². The third kappa shape index (κ3) is 3.92. The number of hydrogen-bond donors (Lipinski definition) is 3. The SMILES string of the molecule is CC(C)C(N)P(=O)(O)C(O)CCc1ccccc1. The van der Waals surface area contributed by atoms with Gasteiger partial charge in [0.2, 0.25) is 7.37 Å². The van der Waals surface area contributed by atoms with Crippen LogP contribution in [0.25, 0.3) is 0 Å². The molecule has 0 saturated heterocycles. The van der Waals surface area contributed by atoms with Crippen molar-refractivity contribution in [2.45, 2.75) is 38.3 Å². The van der Waals surface area contributed by atoms with E-state index in [4.69, 9.17) is 5.73 Å². The molecule has 0 amide bonds. The van der Waals surface area contributed by atoms with Crippen LogP contribution < -0.4 is 5.73 Å². The molecule has 0 aliphatic heterocycles. The molecule has 102 valence electrons. The molecule has 3 atom stereocenters. The zero-order valence-electron chi connectivity index (χ0n) is 10.9. The molecule has 0 aromatic heterocycles. The van der Waals surface area contributed by atoms with E-state index in [2.05, 4.69) is 0 Å². The quantitative estimate of drug-likeness (QED) is 0.692. The largest absolute Gasteiger partial charge is 0.383 e. The van der Waals surface area contributed by atoms with Gasteiger partial charge in [0, 0.05) is 0 Å². The molecule has 0 aliphatic carbocycles. The molecule has 0 heterocycles. The Morgan fingerprint density at radius 3 is 2.33 bits per heavy atom. The Bertz CT molecular complexity index is 408. The highest BCUT2D eigenvalue weighted by Crippen LogP contribution is 2.51. The maximum atomic E-state index is 12.1. The Hall–Kier alpha value is -0.670. The molecule has 1 aromatic carbocycles. The minimum Gasteiger partial charge on any atom is -0.383 e. The zero-order chi connectivity index (χ0) is 13.8. The zero-order valence-corrected chi connectivity index (χ0v) is 11.8. The molecule has 18 heavy (non-hydrogen) atoms. The molecule has 3 unspecified atom stereocenters. The number of hydrogen-bond acceptors (Lipinski definition) is 3. The van der Waals surface area contributed by atoms with Gasteiger partial charge in [-0.15, -0.1) is 0 Å². The Morgan fingerprint density at radius 2 is 1.83 bits per heavy atom. The average molecular weight is 271 g/mol. The summed E-state index contributed by atoms with van der Waals surface area (Å²) in [7, 11) is -3.73. The molecule has 4 nitrogen and oxygen atoms in total. The lowest BCUT2D eigenvalue weighted by Gasteiger charge is -2.26. The summed E-state index contributed by atoms with van der Waals surface area (Å²) in [6.07, 6.45) is 0.815. The minimum atomic E-state index is -3.73. The lowest BCUT2D eigenvalue weighted by molar-refractivity contribution is 0.215. The highest BCUT2D eigenvalue weighted by atomic mass is 31.2. The van der Waals surface area contributed by atoms with Gasteiger partial charge >= 0.3 is 0 Å². The van der Waals surface area contributed by atoms with E-state index < -0.39 is 19.0 Å². The summed E-state index contributed by atoms with van der Waals surface area (Å²) in [4.78, 5) is 9.88. The monoisotopic (exact) mass is 271 g/mol. The predicted octanol–water partition coefficient (Wildman–Crippen LogP) is 2.15. The van der Waals surface area contributed by atoms with Crippen molar-refractivity contribution in [2.24, 2.45) is 11.7 Å². The van der Waals surface area contributed by atoms with Crippen LogP contribution in [0.3, 0.4) is 0 Å². The second-order valence-electron chi connectivity index (χ2n) is 4.91.